The first-order valence-electron chi connectivity index (χ1n) is 5.73. The lowest BCUT2D eigenvalue weighted by Gasteiger charge is -2.00. The highest BCUT2D eigenvalue weighted by atomic mass is 16.6. The maximum Gasteiger partial charge on any atom is 0.328 e. The van der Waals surface area contributed by atoms with Gasteiger partial charge in [0.05, 0.1) is 4.92 Å². The van der Waals surface area contributed by atoms with Gasteiger partial charge in [0, 0.05) is 23.3 Å². The van der Waals surface area contributed by atoms with E-state index in [0.29, 0.717) is 22.6 Å². The van der Waals surface area contributed by atoms with Crippen LogP contribution in [0.1, 0.15) is 11.3 Å². The number of aliphatic carboxylic acids is 1. The van der Waals surface area contributed by atoms with Gasteiger partial charge in [-0.1, -0.05) is 12.1 Å². The third-order valence-corrected chi connectivity index (χ3v) is 2.71. The molecule has 0 aliphatic carbocycles. The average molecular weight is 273 g/mol. The molecule has 1 aromatic carbocycles. The molecule has 0 fully saturated rings. The minimum atomic E-state index is -1.08. The van der Waals surface area contributed by atoms with Gasteiger partial charge in [-0.15, -0.1) is 0 Å². The van der Waals surface area contributed by atoms with Crippen molar-refractivity contribution in [2.45, 2.75) is 6.92 Å². The number of benzene rings is 1. The highest BCUT2D eigenvalue weighted by molar-refractivity contribution is 5.84. The van der Waals surface area contributed by atoms with Crippen molar-refractivity contribution in [2.75, 3.05) is 0 Å². The number of hydrogen-bond donors (Lipinski definition) is 1. The van der Waals surface area contributed by atoms with Gasteiger partial charge in [-0.2, -0.15) is 0 Å². The Morgan fingerprint density at radius 3 is 2.75 bits per heavy atom. The summed E-state index contributed by atoms with van der Waals surface area (Å²) < 4.78 is 5.42. The van der Waals surface area contributed by atoms with Crippen LogP contribution in [0, 0.1) is 17.0 Å². The molecule has 0 aliphatic heterocycles. The number of furan rings is 1. The monoisotopic (exact) mass is 273 g/mol. The van der Waals surface area contributed by atoms with E-state index in [4.69, 9.17) is 9.52 Å². The molecular formula is C14H11NO5. The largest absolute Gasteiger partial charge is 0.478 e. The van der Waals surface area contributed by atoms with Crippen LogP contribution >= 0.6 is 0 Å². The minimum absolute atomic E-state index is 0.0153. The quantitative estimate of drug-likeness (QED) is 0.524. The zero-order valence-electron chi connectivity index (χ0n) is 10.6. The molecule has 0 atom stereocenters. The van der Waals surface area contributed by atoms with Gasteiger partial charge < -0.3 is 9.52 Å². The van der Waals surface area contributed by atoms with Crippen molar-refractivity contribution in [3.8, 4) is 11.3 Å². The normalized spacial score (nSPS) is 10.8. The summed E-state index contributed by atoms with van der Waals surface area (Å²) in [6, 6.07) is 8.02. The van der Waals surface area contributed by atoms with Gasteiger partial charge in [-0.25, -0.2) is 4.79 Å². The van der Waals surface area contributed by atoms with E-state index in [1.54, 1.807) is 31.2 Å². The van der Waals surface area contributed by atoms with Crippen LogP contribution in [0.25, 0.3) is 17.4 Å². The summed E-state index contributed by atoms with van der Waals surface area (Å²) in [6.45, 7) is 1.66. The Labute approximate surface area is 114 Å². The molecule has 2 rings (SSSR count). The maximum absolute atomic E-state index is 10.9. The molecule has 1 aromatic heterocycles. The van der Waals surface area contributed by atoms with Crippen LogP contribution in [-0.4, -0.2) is 16.0 Å². The number of carboxylic acid groups (broad SMARTS) is 1. The van der Waals surface area contributed by atoms with E-state index in [1.165, 1.54) is 12.1 Å². The third kappa shape index (κ3) is 2.92. The first kappa shape index (κ1) is 13.5. The van der Waals surface area contributed by atoms with E-state index in [0.717, 1.165) is 6.08 Å². The summed E-state index contributed by atoms with van der Waals surface area (Å²) in [5.41, 5.74) is 1.15. The number of hydrogen-bond acceptors (Lipinski definition) is 4. The molecule has 0 radical (unpaired) electrons. The molecule has 0 unspecified atom stereocenters. The standard InChI is InChI=1S/C14H11NO5/c1-9-2-3-10(8-12(9)15(18)19)13-6-4-11(20-13)5-7-14(16)17/h2-8H,1H3,(H,16,17). The minimum Gasteiger partial charge on any atom is -0.478 e. The summed E-state index contributed by atoms with van der Waals surface area (Å²) >= 11 is 0. The number of carboxylic acids is 1. The number of nitro benzene ring substituents is 1. The number of rotatable bonds is 4. The van der Waals surface area contributed by atoms with Crippen LogP contribution in [0.5, 0.6) is 0 Å². The van der Waals surface area contributed by atoms with Gasteiger partial charge in [0.2, 0.25) is 0 Å². The number of nitrogens with zero attached hydrogens (tertiary/aromatic N) is 1. The van der Waals surface area contributed by atoms with Gasteiger partial charge in [-0.05, 0) is 25.1 Å². The Morgan fingerprint density at radius 1 is 1.35 bits per heavy atom. The summed E-state index contributed by atoms with van der Waals surface area (Å²) in [7, 11) is 0. The van der Waals surface area contributed by atoms with E-state index in [2.05, 4.69) is 0 Å². The second kappa shape index (κ2) is 5.40. The van der Waals surface area contributed by atoms with Crippen molar-refractivity contribution in [3.63, 3.8) is 0 Å². The molecule has 0 amide bonds. The van der Waals surface area contributed by atoms with Gasteiger partial charge in [0.15, 0.2) is 0 Å². The Hall–Kier alpha value is -2.89. The van der Waals surface area contributed by atoms with Gasteiger partial charge >= 0.3 is 5.97 Å². The van der Waals surface area contributed by atoms with Gasteiger partial charge in [0.1, 0.15) is 11.5 Å². The van der Waals surface area contributed by atoms with Crippen molar-refractivity contribution in [3.05, 3.63) is 57.8 Å². The smallest absolute Gasteiger partial charge is 0.328 e. The SMILES string of the molecule is Cc1ccc(-c2ccc(C=CC(=O)O)o2)cc1[N+](=O)[O-]. The third-order valence-electron chi connectivity index (χ3n) is 2.71. The summed E-state index contributed by atoms with van der Waals surface area (Å²) in [6.07, 6.45) is 2.27. The van der Waals surface area contributed by atoms with Crippen LogP contribution in [0.2, 0.25) is 0 Å². The Bertz CT molecular complexity index is 699. The lowest BCUT2D eigenvalue weighted by molar-refractivity contribution is -0.385. The van der Waals surface area contributed by atoms with Crippen LogP contribution in [0.4, 0.5) is 5.69 Å². The zero-order chi connectivity index (χ0) is 14.7. The second-order valence-corrected chi connectivity index (χ2v) is 4.13. The molecule has 6 heteroatoms. The van der Waals surface area contributed by atoms with Gasteiger partial charge in [-0.3, -0.25) is 10.1 Å². The van der Waals surface area contributed by atoms with E-state index in [9.17, 15) is 14.9 Å². The van der Waals surface area contributed by atoms with E-state index in [-0.39, 0.29) is 5.69 Å². The van der Waals surface area contributed by atoms with Crippen LogP contribution < -0.4 is 0 Å². The van der Waals surface area contributed by atoms with Gasteiger partial charge in [0.25, 0.3) is 5.69 Å². The van der Waals surface area contributed by atoms with Crippen molar-refractivity contribution >= 4 is 17.7 Å². The molecule has 0 aliphatic rings. The lowest BCUT2D eigenvalue weighted by atomic mass is 10.1. The van der Waals surface area contributed by atoms with Crippen LogP contribution in [0.15, 0.2) is 40.8 Å². The van der Waals surface area contributed by atoms with Crippen molar-refractivity contribution < 1.29 is 19.2 Å². The van der Waals surface area contributed by atoms with Crippen LogP contribution in [0.3, 0.4) is 0 Å². The molecule has 102 valence electrons. The molecule has 0 saturated carbocycles. The molecule has 0 bridgehead atoms. The number of carbonyl (C=O) groups is 1. The second-order valence-electron chi connectivity index (χ2n) is 4.13. The van der Waals surface area contributed by atoms with E-state index < -0.39 is 10.9 Å². The van der Waals surface area contributed by atoms with Crippen molar-refractivity contribution in [1.29, 1.82) is 0 Å². The summed E-state index contributed by atoms with van der Waals surface area (Å²) in [5, 5.41) is 19.4. The summed E-state index contributed by atoms with van der Waals surface area (Å²) in [4.78, 5) is 20.8. The predicted octanol–water partition coefficient (Wildman–Crippen LogP) is 3.26. The lowest BCUT2D eigenvalue weighted by Crippen LogP contribution is -1.91. The summed E-state index contributed by atoms with van der Waals surface area (Å²) in [5.74, 6) is -0.266. The van der Waals surface area contributed by atoms with Crippen molar-refractivity contribution in [2.24, 2.45) is 0 Å². The fourth-order valence-electron chi connectivity index (χ4n) is 1.71. The molecular weight excluding hydrogens is 262 g/mol. The maximum atomic E-state index is 10.9. The topological polar surface area (TPSA) is 93.6 Å². The average Bonchev–Trinajstić information content (AvgIpc) is 2.85. The number of aryl methyl sites for hydroxylation is 1. The Kier molecular flexibility index (Phi) is 3.65. The Balaban J connectivity index is 2.35. The molecule has 1 heterocycles. The predicted molar refractivity (Wildman–Crippen MR) is 72.2 cm³/mol. The fraction of sp³-hybridized carbons (Fsp3) is 0.0714. The zero-order valence-corrected chi connectivity index (χ0v) is 10.6. The van der Waals surface area contributed by atoms with E-state index >= 15 is 0 Å². The first-order chi connectivity index (χ1) is 9.47. The number of nitro groups is 1. The van der Waals surface area contributed by atoms with Crippen molar-refractivity contribution in [1.82, 2.24) is 0 Å². The molecule has 6 nitrogen and oxygen atoms in total. The van der Waals surface area contributed by atoms with Crippen LogP contribution in [-0.2, 0) is 4.79 Å². The highest BCUT2D eigenvalue weighted by Crippen LogP contribution is 2.28. The molecule has 0 saturated heterocycles. The molecule has 2 aromatic rings. The molecule has 20 heavy (non-hydrogen) atoms. The fourth-order valence-corrected chi connectivity index (χ4v) is 1.71. The first-order valence-corrected chi connectivity index (χ1v) is 5.73. The molecule has 1 N–H and O–H groups in total. The highest BCUT2D eigenvalue weighted by Gasteiger charge is 2.13. The van der Waals surface area contributed by atoms with E-state index in [1.807, 2.05) is 0 Å². The molecule has 0 spiro atoms. The Morgan fingerprint density at radius 2 is 2.10 bits per heavy atom.